The first-order chi connectivity index (χ1) is 26.4. The molecule has 0 unspecified atom stereocenters. The predicted molar refractivity (Wildman–Crippen MR) is 209 cm³/mol. The molecule has 3 aliphatic rings. The molecule has 2 amide bonds. The molecule has 0 radical (unpaired) electrons. The zero-order valence-corrected chi connectivity index (χ0v) is 32.5. The number of anilines is 1. The molecule has 0 aromatic heterocycles. The monoisotopic (exact) mass is 770 g/mol. The van der Waals surface area contributed by atoms with Gasteiger partial charge in [0, 0.05) is 54.7 Å². The maximum absolute atomic E-state index is 13.9. The fraction of sp³-hybridized carbons (Fsp3) is 0.463. The summed E-state index contributed by atoms with van der Waals surface area (Å²) in [4.78, 5) is 44.4. The van der Waals surface area contributed by atoms with E-state index >= 15 is 0 Å². The molecule has 1 atom stereocenters. The number of sulfonamides is 1. The van der Waals surface area contributed by atoms with E-state index in [0.717, 1.165) is 29.5 Å². The van der Waals surface area contributed by atoms with E-state index in [1.165, 1.54) is 4.31 Å². The summed E-state index contributed by atoms with van der Waals surface area (Å²) < 4.78 is 39.4. The molecule has 3 aromatic carbocycles. The lowest BCUT2D eigenvalue weighted by molar-refractivity contribution is -0.129. The Balaban J connectivity index is 1.14. The summed E-state index contributed by atoms with van der Waals surface area (Å²) >= 11 is 0. The molecule has 2 N–H and O–H groups in total. The first-order valence-electron chi connectivity index (χ1n) is 18.9. The van der Waals surface area contributed by atoms with Crippen molar-refractivity contribution in [2.24, 2.45) is 33.0 Å². The number of alkyl carbamates (subject to hydrolysis) is 1. The second-order valence-electron chi connectivity index (χ2n) is 15.3. The second-order valence-corrected chi connectivity index (χ2v) is 17.2. The van der Waals surface area contributed by atoms with Crippen molar-refractivity contribution in [2.75, 3.05) is 44.8 Å². The predicted octanol–water partition coefficient (Wildman–Crippen LogP) is 6.63. The van der Waals surface area contributed by atoms with Gasteiger partial charge in [0.2, 0.25) is 15.9 Å². The quantitative estimate of drug-likeness (QED) is 0.197. The number of aliphatic imine (C=N–C) groups is 1. The number of ether oxygens (including phenoxy) is 2. The average Bonchev–Trinajstić information content (AvgIpc) is 3.73. The third-order valence-corrected chi connectivity index (χ3v) is 12.1. The van der Waals surface area contributed by atoms with E-state index in [1.807, 2.05) is 63.2 Å². The van der Waals surface area contributed by atoms with Crippen molar-refractivity contribution in [3.63, 3.8) is 0 Å². The number of carbonyl (C=O) groups is 3. The highest BCUT2D eigenvalue weighted by atomic mass is 32.2. The van der Waals surface area contributed by atoms with E-state index in [1.54, 1.807) is 30.3 Å². The van der Waals surface area contributed by atoms with Crippen LogP contribution in [0.3, 0.4) is 0 Å². The normalized spacial score (nSPS) is 19.7. The van der Waals surface area contributed by atoms with Crippen LogP contribution in [0.1, 0.15) is 64.0 Å². The minimum atomic E-state index is -3.74. The molecule has 1 aliphatic carbocycles. The molecule has 2 heterocycles. The number of amides is 2. The highest BCUT2D eigenvalue weighted by molar-refractivity contribution is 7.89. The van der Waals surface area contributed by atoms with Crippen LogP contribution in [0.25, 0.3) is 11.1 Å². The van der Waals surface area contributed by atoms with Gasteiger partial charge in [-0.05, 0) is 100 Å². The van der Waals surface area contributed by atoms with Gasteiger partial charge in [-0.2, -0.15) is 9.42 Å². The Bertz CT molecular complexity index is 2000. The summed E-state index contributed by atoms with van der Waals surface area (Å²) in [6, 6.07) is 21.7. The number of nitrogens with one attached hydrogen (secondary N) is 2. The standard InChI is InChI=1S/C41H50N6O7S/c1-41(2,3)54-40(50)42-26-29-10-14-31(15-11-29)36(48)25-33(39(49)45-34-18-16-32(17-19-34)38-43-27-44-46-38)24-28-8-12-30(13-9-28)35-6-4-5-7-37(35)55(51,52)47-20-22-53-23-21-47/h4-9,12-13,16-19,29,31,33H,10-11,14-15,20-27H2,1-3H3,(H,42,50)(H,45,49)/t29?,31?,33-/m1/s1. The molecule has 292 valence electrons. The van der Waals surface area contributed by atoms with Gasteiger partial charge in [-0.25, -0.2) is 18.2 Å². The summed E-state index contributed by atoms with van der Waals surface area (Å²) in [5, 5.41) is 13.8. The fourth-order valence-electron chi connectivity index (χ4n) is 7.18. The van der Waals surface area contributed by atoms with Gasteiger partial charge in [-0.1, -0.05) is 42.5 Å². The summed E-state index contributed by atoms with van der Waals surface area (Å²) in [5.74, 6) is -0.227. The Morgan fingerprint density at radius 2 is 1.58 bits per heavy atom. The average molecular weight is 771 g/mol. The smallest absolute Gasteiger partial charge is 0.407 e. The van der Waals surface area contributed by atoms with E-state index in [0.29, 0.717) is 75.9 Å². The van der Waals surface area contributed by atoms with E-state index in [2.05, 4.69) is 25.9 Å². The third-order valence-electron chi connectivity index (χ3n) is 10.1. The topological polar surface area (TPSA) is 168 Å². The number of nitrogens with zero attached hydrogens (tertiary/aromatic N) is 4. The van der Waals surface area contributed by atoms with Crippen molar-refractivity contribution in [1.29, 1.82) is 0 Å². The van der Waals surface area contributed by atoms with Crippen LogP contribution in [0.5, 0.6) is 0 Å². The van der Waals surface area contributed by atoms with E-state index < -0.39 is 27.6 Å². The highest BCUT2D eigenvalue weighted by Gasteiger charge is 2.32. The molecule has 0 bridgehead atoms. The number of ketones is 1. The molecule has 0 spiro atoms. The summed E-state index contributed by atoms with van der Waals surface area (Å²) in [5.41, 5.74) is 2.99. The van der Waals surface area contributed by atoms with Gasteiger partial charge in [0.1, 0.15) is 11.4 Å². The zero-order valence-electron chi connectivity index (χ0n) is 31.7. The molecule has 2 fully saturated rings. The van der Waals surface area contributed by atoms with Crippen LogP contribution < -0.4 is 10.6 Å². The van der Waals surface area contributed by atoms with Gasteiger partial charge in [-0.15, -0.1) is 5.11 Å². The molecule has 1 saturated carbocycles. The van der Waals surface area contributed by atoms with Crippen molar-refractivity contribution in [2.45, 2.75) is 69.8 Å². The van der Waals surface area contributed by atoms with Crippen LogP contribution >= 0.6 is 0 Å². The van der Waals surface area contributed by atoms with Gasteiger partial charge in [0.15, 0.2) is 12.5 Å². The highest BCUT2D eigenvalue weighted by Crippen LogP contribution is 2.33. The van der Waals surface area contributed by atoms with E-state index in [4.69, 9.17) is 9.47 Å². The van der Waals surface area contributed by atoms with Crippen molar-refractivity contribution in [3.05, 3.63) is 83.9 Å². The Morgan fingerprint density at radius 1 is 0.909 bits per heavy atom. The number of hydrogen-bond donors (Lipinski definition) is 2. The molecule has 13 nitrogen and oxygen atoms in total. The molecule has 55 heavy (non-hydrogen) atoms. The van der Waals surface area contributed by atoms with Crippen LogP contribution in [0.4, 0.5) is 10.5 Å². The van der Waals surface area contributed by atoms with Crippen LogP contribution in [-0.4, -0.2) is 81.5 Å². The Kier molecular flexibility index (Phi) is 12.9. The van der Waals surface area contributed by atoms with Gasteiger partial charge < -0.3 is 20.1 Å². The minimum absolute atomic E-state index is 0.0533. The lowest BCUT2D eigenvalue weighted by atomic mass is 9.77. The molecular weight excluding hydrogens is 721 g/mol. The van der Waals surface area contributed by atoms with Crippen LogP contribution in [0.2, 0.25) is 0 Å². The van der Waals surface area contributed by atoms with Crippen molar-refractivity contribution in [1.82, 2.24) is 9.62 Å². The number of morpholine rings is 1. The molecule has 1 saturated heterocycles. The van der Waals surface area contributed by atoms with Crippen LogP contribution in [-0.2, 0) is 35.5 Å². The maximum Gasteiger partial charge on any atom is 0.407 e. The Labute approximate surface area is 323 Å². The first kappa shape index (κ1) is 39.9. The summed E-state index contributed by atoms with van der Waals surface area (Å²) in [7, 11) is -3.74. The number of Topliss-reactive ketones (excluding diaryl/α,β-unsaturated/α-hetero) is 1. The number of rotatable bonds is 13. The Hall–Kier alpha value is -4.79. The molecule has 2 aliphatic heterocycles. The molecule has 14 heteroatoms. The molecule has 3 aromatic rings. The first-order valence-corrected chi connectivity index (χ1v) is 20.4. The van der Waals surface area contributed by atoms with Crippen molar-refractivity contribution < 1.29 is 32.3 Å². The van der Waals surface area contributed by atoms with Crippen molar-refractivity contribution >= 4 is 39.3 Å². The SMILES string of the molecule is CC(C)(C)OC(=O)NCC1CCC(C(=O)C[C@@H](Cc2ccc(-c3ccccc3S(=O)(=O)N3CCOCC3)cc2)C(=O)Nc2ccc(C3=NCN=N3)cc2)CC1. The number of amidine groups is 1. The number of carbonyl (C=O) groups excluding carboxylic acids is 3. The van der Waals surface area contributed by atoms with Gasteiger partial charge >= 0.3 is 6.09 Å². The lowest BCUT2D eigenvalue weighted by Gasteiger charge is -2.29. The largest absolute Gasteiger partial charge is 0.444 e. The van der Waals surface area contributed by atoms with Gasteiger partial charge in [-0.3, -0.25) is 9.59 Å². The minimum Gasteiger partial charge on any atom is -0.444 e. The Morgan fingerprint density at radius 3 is 2.24 bits per heavy atom. The number of benzene rings is 3. The number of hydrogen-bond acceptors (Lipinski definition) is 10. The summed E-state index contributed by atoms with van der Waals surface area (Å²) in [6.45, 7) is 7.58. The van der Waals surface area contributed by atoms with Crippen LogP contribution in [0, 0.1) is 17.8 Å². The molecular formula is C41H50N6O7S. The maximum atomic E-state index is 13.9. The number of azo groups is 1. The van der Waals surface area contributed by atoms with E-state index in [-0.39, 0.29) is 34.8 Å². The van der Waals surface area contributed by atoms with Crippen LogP contribution in [0.15, 0.2) is 92.9 Å². The van der Waals surface area contributed by atoms with E-state index in [9.17, 15) is 22.8 Å². The van der Waals surface area contributed by atoms with Gasteiger partial charge in [0.05, 0.1) is 18.1 Å². The molecule has 6 rings (SSSR count). The summed E-state index contributed by atoms with van der Waals surface area (Å²) in [6.07, 6.45) is 2.93. The van der Waals surface area contributed by atoms with Crippen molar-refractivity contribution in [3.8, 4) is 11.1 Å². The second kappa shape index (κ2) is 17.8. The lowest BCUT2D eigenvalue weighted by Crippen LogP contribution is -2.40. The third kappa shape index (κ3) is 10.7. The van der Waals surface area contributed by atoms with Gasteiger partial charge in [0.25, 0.3) is 0 Å². The zero-order chi connectivity index (χ0) is 39.0. The fourth-order valence-corrected chi connectivity index (χ4v) is 8.81.